The Hall–Kier alpha value is -1.00. The summed E-state index contributed by atoms with van der Waals surface area (Å²) in [5.74, 6) is 0.327. The number of phenols is 1. The standard InChI is InChI=1S/C15H15Br2NO/c1-2-13(11-5-3-4-6-15(11)19)18-14-9-10(16)7-8-12(14)17/h3-9,13,18-19H,2H2,1H3. The van der Waals surface area contributed by atoms with Gasteiger partial charge in [0.25, 0.3) is 0 Å². The van der Waals surface area contributed by atoms with Gasteiger partial charge < -0.3 is 10.4 Å². The van der Waals surface area contributed by atoms with E-state index in [2.05, 4.69) is 44.1 Å². The Morgan fingerprint density at radius 1 is 1.16 bits per heavy atom. The number of nitrogens with one attached hydrogen (secondary N) is 1. The van der Waals surface area contributed by atoms with E-state index in [9.17, 15) is 5.11 Å². The molecule has 0 aliphatic carbocycles. The minimum Gasteiger partial charge on any atom is -0.508 e. The van der Waals surface area contributed by atoms with Crippen LogP contribution in [0.4, 0.5) is 5.69 Å². The zero-order valence-corrected chi connectivity index (χ0v) is 13.7. The summed E-state index contributed by atoms with van der Waals surface area (Å²) in [6.07, 6.45) is 0.885. The van der Waals surface area contributed by atoms with Crippen LogP contribution < -0.4 is 5.32 Å². The number of halogens is 2. The van der Waals surface area contributed by atoms with Crippen LogP contribution in [0, 0.1) is 0 Å². The van der Waals surface area contributed by atoms with Crippen LogP contribution >= 0.6 is 31.9 Å². The minimum atomic E-state index is 0.0757. The smallest absolute Gasteiger partial charge is 0.120 e. The third-order valence-electron chi connectivity index (χ3n) is 2.98. The van der Waals surface area contributed by atoms with Gasteiger partial charge in [0.1, 0.15) is 5.75 Å². The fraction of sp³-hybridized carbons (Fsp3) is 0.200. The fourth-order valence-electron chi connectivity index (χ4n) is 1.98. The molecule has 0 aromatic heterocycles. The summed E-state index contributed by atoms with van der Waals surface area (Å²) >= 11 is 7.00. The van der Waals surface area contributed by atoms with Crippen LogP contribution in [-0.2, 0) is 0 Å². The van der Waals surface area contributed by atoms with Gasteiger partial charge in [-0.3, -0.25) is 0 Å². The van der Waals surface area contributed by atoms with Crippen LogP contribution in [-0.4, -0.2) is 5.11 Å². The van der Waals surface area contributed by atoms with Crippen LogP contribution in [0.1, 0.15) is 24.9 Å². The highest BCUT2D eigenvalue weighted by Gasteiger charge is 2.14. The summed E-state index contributed by atoms with van der Waals surface area (Å²) < 4.78 is 2.02. The first-order chi connectivity index (χ1) is 9.11. The lowest BCUT2D eigenvalue weighted by Crippen LogP contribution is -2.10. The maximum Gasteiger partial charge on any atom is 0.120 e. The number of rotatable bonds is 4. The van der Waals surface area contributed by atoms with Gasteiger partial charge in [-0.1, -0.05) is 41.1 Å². The van der Waals surface area contributed by atoms with E-state index in [1.807, 2.05) is 36.4 Å². The monoisotopic (exact) mass is 383 g/mol. The molecule has 0 saturated heterocycles. The molecule has 0 saturated carbocycles. The van der Waals surface area contributed by atoms with E-state index in [-0.39, 0.29) is 6.04 Å². The fourth-order valence-corrected chi connectivity index (χ4v) is 2.70. The van der Waals surface area contributed by atoms with E-state index in [1.54, 1.807) is 6.07 Å². The molecule has 2 aromatic carbocycles. The number of benzene rings is 2. The zero-order chi connectivity index (χ0) is 13.8. The summed E-state index contributed by atoms with van der Waals surface area (Å²) in [5, 5.41) is 13.4. The van der Waals surface area contributed by atoms with Crippen LogP contribution in [0.15, 0.2) is 51.4 Å². The van der Waals surface area contributed by atoms with E-state index in [1.165, 1.54) is 0 Å². The molecule has 0 radical (unpaired) electrons. The van der Waals surface area contributed by atoms with Gasteiger partial charge in [-0.15, -0.1) is 0 Å². The Bertz CT molecular complexity index is 572. The van der Waals surface area contributed by atoms with Crippen molar-refractivity contribution in [1.29, 1.82) is 0 Å². The highest BCUT2D eigenvalue weighted by atomic mass is 79.9. The van der Waals surface area contributed by atoms with Crippen LogP contribution in [0.5, 0.6) is 5.75 Å². The Balaban J connectivity index is 2.29. The van der Waals surface area contributed by atoms with Crippen molar-refractivity contribution in [1.82, 2.24) is 0 Å². The van der Waals surface area contributed by atoms with Gasteiger partial charge in [0.2, 0.25) is 0 Å². The molecule has 0 aliphatic heterocycles. The maximum absolute atomic E-state index is 9.95. The van der Waals surface area contributed by atoms with Crippen molar-refractivity contribution in [2.45, 2.75) is 19.4 Å². The average Bonchev–Trinajstić information content (AvgIpc) is 2.41. The van der Waals surface area contributed by atoms with Crippen LogP contribution in [0.25, 0.3) is 0 Å². The number of hydrogen-bond acceptors (Lipinski definition) is 2. The minimum absolute atomic E-state index is 0.0757. The summed E-state index contributed by atoms with van der Waals surface area (Å²) in [7, 11) is 0. The van der Waals surface area contributed by atoms with Gasteiger partial charge in [0.05, 0.1) is 11.7 Å². The molecule has 0 spiro atoms. The summed E-state index contributed by atoms with van der Waals surface area (Å²) in [4.78, 5) is 0. The SMILES string of the molecule is CCC(Nc1cc(Br)ccc1Br)c1ccccc1O. The molecule has 100 valence electrons. The second-order valence-electron chi connectivity index (χ2n) is 4.29. The molecular weight excluding hydrogens is 370 g/mol. The summed E-state index contributed by atoms with van der Waals surface area (Å²) in [6.45, 7) is 2.09. The van der Waals surface area contributed by atoms with Gasteiger partial charge in [-0.25, -0.2) is 0 Å². The van der Waals surface area contributed by atoms with Crippen molar-refractivity contribution in [3.63, 3.8) is 0 Å². The van der Waals surface area contributed by atoms with Crippen LogP contribution in [0.3, 0.4) is 0 Å². The van der Waals surface area contributed by atoms with E-state index in [0.29, 0.717) is 5.75 Å². The third-order valence-corrected chi connectivity index (χ3v) is 4.16. The summed E-state index contributed by atoms with van der Waals surface area (Å²) in [6, 6.07) is 13.5. The Morgan fingerprint density at radius 3 is 2.58 bits per heavy atom. The Kier molecular flexibility index (Phi) is 4.88. The third kappa shape index (κ3) is 3.51. The van der Waals surface area contributed by atoms with Crippen molar-refractivity contribution < 1.29 is 5.11 Å². The van der Waals surface area contributed by atoms with Gasteiger partial charge in [0.15, 0.2) is 0 Å². The van der Waals surface area contributed by atoms with E-state index < -0.39 is 0 Å². The van der Waals surface area contributed by atoms with Gasteiger partial charge in [-0.05, 0) is 46.6 Å². The molecule has 2 N–H and O–H groups in total. The lowest BCUT2D eigenvalue weighted by atomic mass is 10.0. The molecule has 1 atom stereocenters. The molecule has 4 heteroatoms. The molecule has 1 unspecified atom stereocenters. The second-order valence-corrected chi connectivity index (χ2v) is 6.06. The number of anilines is 1. The molecule has 0 heterocycles. The maximum atomic E-state index is 9.95. The van der Waals surface area contributed by atoms with Gasteiger partial charge >= 0.3 is 0 Å². The van der Waals surface area contributed by atoms with Crippen molar-refractivity contribution in [3.8, 4) is 5.75 Å². The first-order valence-electron chi connectivity index (χ1n) is 6.11. The van der Waals surface area contributed by atoms with Gasteiger partial charge in [-0.2, -0.15) is 0 Å². The molecular formula is C15H15Br2NO. The Morgan fingerprint density at radius 2 is 1.89 bits per heavy atom. The zero-order valence-electron chi connectivity index (χ0n) is 10.5. The first kappa shape index (κ1) is 14.4. The number of hydrogen-bond donors (Lipinski definition) is 2. The molecule has 2 aromatic rings. The quantitative estimate of drug-likeness (QED) is 0.731. The lowest BCUT2D eigenvalue weighted by molar-refractivity contribution is 0.463. The highest BCUT2D eigenvalue weighted by Crippen LogP contribution is 2.33. The number of phenolic OH excluding ortho intramolecular Hbond substituents is 1. The van der Waals surface area contributed by atoms with E-state index >= 15 is 0 Å². The number of para-hydroxylation sites is 1. The second kappa shape index (κ2) is 6.44. The molecule has 0 fully saturated rings. The van der Waals surface area contributed by atoms with Crippen LogP contribution in [0.2, 0.25) is 0 Å². The van der Waals surface area contributed by atoms with Crippen molar-refractivity contribution in [2.24, 2.45) is 0 Å². The van der Waals surface area contributed by atoms with E-state index in [4.69, 9.17) is 0 Å². The Labute approximate surface area is 130 Å². The normalized spacial score (nSPS) is 12.2. The molecule has 0 aliphatic rings. The van der Waals surface area contributed by atoms with Gasteiger partial charge in [0, 0.05) is 14.5 Å². The lowest BCUT2D eigenvalue weighted by Gasteiger charge is -2.20. The van der Waals surface area contributed by atoms with Crippen molar-refractivity contribution >= 4 is 37.5 Å². The highest BCUT2D eigenvalue weighted by molar-refractivity contribution is 9.11. The molecule has 2 nitrogen and oxygen atoms in total. The summed E-state index contributed by atoms with van der Waals surface area (Å²) in [5.41, 5.74) is 1.92. The topological polar surface area (TPSA) is 32.3 Å². The number of aromatic hydroxyl groups is 1. The largest absolute Gasteiger partial charge is 0.508 e. The molecule has 19 heavy (non-hydrogen) atoms. The average molecular weight is 385 g/mol. The van der Waals surface area contributed by atoms with Crippen molar-refractivity contribution in [3.05, 3.63) is 57.0 Å². The van der Waals surface area contributed by atoms with E-state index in [0.717, 1.165) is 26.6 Å². The van der Waals surface area contributed by atoms with Crippen molar-refractivity contribution in [2.75, 3.05) is 5.32 Å². The first-order valence-corrected chi connectivity index (χ1v) is 7.70. The molecule has 0 amide bonds. The molecule has 0 bridgehead atoms. The molecule has 2 rings (SSSR count). The predicted molar refractivity (Wildman–Crippen MR) is 86.6 cm³/mol. The predicted octanol–water partition coefficient (Wildman–Crippen LogP) is 5.48.